The molecule has 72 valence electrons. The van der Waals surface area contributed by atoms with E-state index in [0.717, 1.165) is 12.8 Å². The van der Waals surface area contributed by atoms with Gasteiger partial charge >= 0.3 is 0 Å². The minimum Gasteiger partial charge on any atom is -0.354 e. The maximum atomic E-state index is 11.4. The molecule has 1 amide bonds. The molecule has 0 aliphatic rings. The van der Waals surface area contributed by atoms with Gasteiger partial charge in [0.2, 0.25) is 5.91 Å². The van der Waals surface area contributed by atoms with E-state index in [-0.39, 0.29) is 17.9 Å². The standard InChI is InChI=1S/C9H20N2O/c1-4-5-8(6-10)9(12)11-7(2)3/h7-8H,4-6,10H2,1-3H3,(H,11,12). The lowest BCUT2D eigenvalue weighted by molar-refractivity contribution is -0.125. The molecule has 0 spiro atoms. The van der Waals surface area contributed by atoms with Crippen molar-refractivity contribution in [2.24, 2.45) is 11.7 Å². The van der Waals surface area contributed by atoms with E-state index in [2.05, 4.69) is 12.2 Å². The lowest BCUT2D eigenvalue weighted by Crippen LogP contribution is -2.38. The number of nitrogens with two attached hydrogens (primary N) is 1. The molecule has 0 saturated carbocycles. The van der Waals surface area contributed by atoms with Crippen LogP contribution >= 0.6 is 0 Å². The van der Waals surface area contributed by atoms with Gasteiger partial charge < -0.3 is 11.1 Å². The molecule has 0 aromatic heterocycles. The quantitative estimate of drug-likeness (QED) is 0.647. The molecule has 0 fully saturated rings. The smallest absolute Gasteiger partial charge is 0.224 e. The lowest BCUT2D eigenvalue weighted by atomic mass is 10.0. The zero-order valence-electron chi connectivity index (χ0n) is 8.26. The van der Waals surface area contributed by atoms with Crippen LogP contribution in [0.5, 0.6) is 0 Å². The van der Waals surface area contributed by atoms with Gasteiger partial charge in [0, 0.05) is 12.6 Å². The van der Waals surface area contributed by atoms with Crippen molar-refractivity contribution in [3.05, 3.63) is 0 Å². The average Bonchev–Trinajstić information content (AvgIpc) is 1.98. The summed E-state index contributed by atoms with van der Waals surface area (Å²) in [5.41, 5.74) is 5.47. The summed E-state index contributed by atoms with van der Waals surface area (Å²) < 4.78 is 0. The zero-order chi connectivity index (χ0) is 9.56. The third kappa shape index (κ3) is 4.34. The molecule has 0 rings (SSSR count). The molecule has 0 aromatic rings. The fourth-order valence-electron chi connectivity index (χ4n) is 1.11. The Labute approximate surface area is 74.7 Å². The van der Waals surface area contributed by atoms with E-state index < -0.39 is 0 Å². The number of carbonyl (C=O) groups excluding carboxylic acids is 1. The van der Waals surface area contributed by atoms with Crippen LogP contribution in [-0.2, 0) is 4.79 Å². The second kappa shape index (κ2) is 6.00. The molecule has 0 heterocycles. The molecule has 0 radical (unpaired) electrons. The van der Waals surface area contributed by atoms with Crippen molar-refractivity contribution in [2.75, 3.05) is 6.54 Å². The van der Waals surface area contributed by atoms with Crippen LogP contribution in [0.25, 0.3) is 0 Å². The maximum absolute atomic E-state index is 11.4. The van der Waals surface area contributed by atoms with E-state index in [0.29, 0.717) is 6.54 Å². The number of nitrogens with one attached hydrogen (secondary N) is 1. The van der Waals surface area contributed by atoms with Crippen LogP contribution in [0, 0.1) is 5.92 Å². The maximum Gasteiger partial charge on any atom is 0.224 e. The average molecular weight is 172 g/mol. The lowest BCUT2D eigenvalue weighted by Gasteiger charge is -2.15. The van der Waals surface area contributed by atoms with Crippen molar-refractivity contribution in [1.29, 1.82) is 0 Å². The van der Waals surface area contributed by atoms with Crippen LogP contribution in [0.4, 0.5) is 0 Å². The minimum absolute atomic E-state index is 0.00241. The first-order valence-corrected chi connectivity index (χ1v) is 4.62. The highest BCUT2D eigenvalue weighted by Crippen LogP contribution is 2.04. The molecule has 1 atom stereocenters. The second-order valence-electron chi connectivity index (χ2n) is 3.38. The monoisotopic (exact) mass is 172 g/mol. The summed E-state index contributed by atoms with van der Waals surface area (Å²) in [5.74, 6) is 0.0896. The van der Waals surface area contributed by atoms with Crippen LogP contribution in [0.1, 0.15) is 33.6 Å². The Morgan fingerprint density at radius 3 is 2.42 bits per heavy atom. The van der Waals surface area contributed by atoms with Gasteiger partial charge in [-0.25, -0.2) is 0 Å². The van der Waals surface area contributed by atoms with E-state index in [1.54, 1.807) is 0 Å². The van der Waals surface area contributed by atoms with Crippen LogP contribution in [-0.4, -0.2) is 18.5 Å². The number of amides is 1. The van der Waals surface area contributed by atoms with Gasteiger partial charge in [0.25, 0.3) is 0 Å². The summed E-state index contributed by atoms with van der Waals surface area (Å²) in [7, 11) is 0. The molecule has 1 unspecified atom stereocenters. The molecule has 0 saturated heterocycles. The number of hydrogen-bond donors (Lipinski definition) is 2. The number of carbonyl (C=O) groups is 1. The molecule has 0 aromatic carbocycles. The topological polar surface area (TPSA) is 55.1 Å². The van der Waals surface area contributed by atoms with Crippen molar-refractivity contribution >= 4 is 5.91 Å². The largest absolute Gasteiger partial charge is 0.354 e. The molecule has 0 aliphatic heterocycles. The third-order valence-corrected chi connectivity index (χ3v) is 1.72. The van der Waals surface area contributed by atoms with Crippen molar-refractivity contribution in [3.63, 3.8) is 0 Å². The van der Waals surface area contributed by atoms with Crippen LogP contribution in [0.15, 0.2) is 0 Å². The zero-order valence-corrected chi connectivity index (χ0v) is 8.26. The van der Waals surface area contributed by atoms with Crippen LogP contribution < -0.4 is 11.1 Å². The van der Waals surface area contributed by atoms with E-state index >= 15 is 0 Å². The van der Waals surface area contributed by atoms with Crippen LogP contribution in [0.3, 0.4) is 0 Å². The molecule has 3 N–H and O–H groups in total. The van der Waals surface area contributed by atoms with E-state index in [9.17, 15) is 4.79 Å². The Kier molecular flexibility index (Phi) is 5.72. The van der Waals surface area contributed by atoms with Gasteiger partial charge in [-0.2, -0.15) is 0 Å². The van der Waals surface area contributed by atoms with Crippen molar-refractivity contribution in [1.82, 2.24) is 5.32 Å². The van der Waals surface area contributed by atoms with Gasteiger partial charge in [0.05, 0.1) is 5.92 Å². The first kappa shape index (κ1) is 11.4. The predicted molar refractivity (Wildman–Crippen MR) is 50.7 cm³/mol. The van der Waals surface area contributed by atoms with E-state index in [1.807, 2.05) is 13.8 Å². The van der Waals surface area contributed by atoms with Gasteiger partial charge in [-0.1, -0.05) is 13.3 Å². The Bertz CT molecular complexity index is 134. The Hall–Kier alpha value is -0.570. The number of rotatable bonds is 5. The number of hydrogen-bond acceptors (Lipinski definition) is 2. The normalized spacial score (nSPS) is 13.1. The third-order valence-electron chi connectivity index (χ3n) is 1.72. The highest BCUT2D eigenvalue weighted by atomic mass is 16.1. The highest BCUT2D eigenvalue weighted by molar-refractivity contribution is 5.79. The van der Waals surface area contributed by atoms with Crippen molar-refractivity contribution in [3.8, 4) is 0 Å². The minimum atomic E-state index is -0.00241. The van der Waals surface area contributed by atoms with Crippen LogP contribution in [0.2, 0.25) is 0 Å². The molecule has 3 nitrogen and oxygen atoms in total. The summed E-state index contributed by atoms with van der Waals surface area (Å²) in [4.78, 5) is 11.4. The molecule has 0 bridgehead atoms. The SMILES string of the molecule is CCCC(CN)C(=O)NC(C)C. The van der Waals surface area contributed by atoms with E-state index in [4.69, 9.17) is 5.73 Å². The van der Waals surface area contributed by atoms with E-state index in [1.165, 1.54) is 0 Å². The van der Waals surface area contributed by atoms with Crippen molar-refractivity contribution < 1.29 is 4.79 Å². The predicted octanol–water partition coefficient (Wildman–Crippen LogP) is 0.886. The van der Waals surface area contributed by atoms with Gasteiger partial charge in [-0.05, 0) is 20.3 Å². The fraction of sp³-hybridized carbons (Fsp3) is 0.889. The summed E-state index contributed by atoms with van der Waals surface area (Å²) >= 11 is 0. The van der Waals surface area contributed by atoms with Gasteiger partial charge in [-0.3, -0.25) is 4.79 Å². The van der Waals surface area contributed by atoms with Gasteiger partial charge in [0.1, 0.15) is 0 Å². The van der Waals surface area contributed by atoms with Gasteiger partial charge in [0.15, 0.2) is 0 Å². The Morgan fingerprint density at radius 1 is 1.50 bits per heavy atom. The fourth-order valence-corrected chi connectivity index (χ4v) is 1.11. The molecule has 12 heavy (non-hydrogen) atoms. The summed E-state index contributed by atoms with van der Waals surface area (Å²) in [6, 6.07) is 0.211. The summed E-state index contributed by atoms with van der Waals surface area (Å²) in [5, 5.41) is 2.86. The molecular weight excluding hydrogens is 152 g/mol. The summed E-state index contributed by atoms with van der Waals surface area (Å²) in [6.45, 7) is 6.42. The van der Waals surface area contributed by atoms with Crippen molar-refractivity contribution in [2.45, 2.75) is 39.7 Å². The molecule has 0 aliphatic carbocycles. The molecule has 3 heteroatoms. The first-order valence-electron chi connectivity index (χ1n) is 4.62. The second-order valence-corrected chi connectivity index (χ2v) is 3.38. The Balaban J connectivity index is 3.85. The molecular formula is C9H20N2O. The Morgan fingerprint density at radius 2 is 2.08 bits per heavy atom. The summed E-state index contributed by atoms with van der Waals surface area (Å²) in [6.07, 6.45) is 1.89. The van der Waals surface area contributed by atoms with Gasteiger partial charge in [-0.15, -0.1) is 0 Å². The first-order chi connectivity index (χ1) is 5.61. The highest BCUT2D eigenvalue weighted by Gasteiger charge is 2.15.